The zero-order valence-electron chi connectivity index (χ0n) is 12.9. The standard InChI is InChI=1S/C18H18N2O3/c1-23-15-6-4-14(5-7-15)19-18(22)11-12-2-8-16-13(10-12)3-9-17(21)20-16/h2,4-8,10H,3,9,11H2,1H3,(H,19,22)(H,20,21). The van der Waals surface area contributed by atoms with E-state index >= 15 is 0 Å². The summed E-state index contributed by atoms with van der Waals surface area (Å²) in [5.41, 5.74) is 3.60. The van der Waals surface area contributed by atoms with Gasteiger partial charge in [-0.3, -0.25) is 9.59 Å². The Bertz CT molecular complexity index is 738. The molecule has 1 aliphatic rings. The highest BCUT2D eigenvalue weighted by Gasteiger charge is 2.15. The Labute approximate surface area is 134 Å². The van der Waals surface area contributed by atoms with Crippen LogP contribution in [-0.4, -0.2) is 18.9 Å². The minimum absolute atomic E-state index is 0.0440. The van der Waals surface area contributed by atoms with Crippen LogP contribution in [-0.2, 0) is 22.4 Å². The fourth-order valence-corrected chi connectivity index (χ4v) is 2.61. The number of aryl methyl sites for hydroxylation is 1. The zero-order valence-corrected chi connectivity index (χ0v) is 12.9. The number of hydrogen-bond donors (Lipinski definition) is 2. The van der Waals surface area contributed by atoms with Crippen molar-refractivity contribution in [3.63, 3.8) is 0 Å². The van der Waals surface area contributed by atoms with E-state index in [1.807, 2.05) is 18.2 Å². The Kier molecular flexibility index (Phi) is 4.28. The van der Waals surface area contributed by atoms with Gasteiger partial charge >= 0.3 is 0 Å². The lowest BCUT2D eigenvalue weighted by Crippen LogP contribution is -2.19. The van der Waals surface area contributed by atoms with Gasteiger partial charge < -0.3 is 15.4 Å². The normalized spacial score (nSPS) is 13.0. The summed E-state index contributed by atoms with van der Waals surface area (Å²) in [6.45, 7) is 0. The van der Waals surface area contributed by atoms with Crippen LogP contribution in [0, 0.1) is 0 Å². The fraction of sp³-hybridized carbons (Fsp3) is 0.222. The number of methoxy groups -OCH3 is 1. The van der Waals surface area contributed by atoms with Crippen LogP contribution >= 0.6 is 0 Å². The monoisotopic (exact) mass is 310 g/mol. The summed E-state index contributed by atoms with van der Waals surface area (Å²) in [4.78, 5) is 23.5. The highest BCUT2D eigenvalue weighted by Crippen LogP contribution is 2.24. The van der Waals surface area contributed by atoms with Gasteiger partial charge in [0.1, 0.15) is 5.75 Å². The molecular weight excluding hydrogens is 292 g/mol. The van der Waals surface area contributed by atoms with E-state index in [-0.39, 0.29) is 11.8 Å². The topological polar surface area (TPSA) is 67.4 Å². The van der Waals surface area contributed by atoms with Crippen molar-refractivity contribution in [1.29, 1.82) is 0 Å². The SMILES string of the molecule is COc1ccc(NC(=O)Cc2ccc3c(c2)CCC(=O)N3)cc1. The Morgan fingerprint density at radius 3 is 2.70 bits per heavy atom. The van der Waals surface area contributed by atoms with E-state index in [1.54, 1.807) is 31.4 Å². The van der Waals surface area contributed by atoms with Crippen molar-refractivity contribution in [3.8, 4) is 5.75 Å². The van der Waals surface area contributed by atoms with Gasteiger partial charge in [0.15, 0.2) is 0 Å². The van der Waals surface area contributed by atoms with Crippen molar-refractivity contribution >= 4 is 23.2 Å². The van der Waals surface area contributed by atoms with E-state index < -0.39 is 0 Å². The number of nitrogens with one attached hydrogen (secondary N) is 2. The number of carbonyl (C=O) groups excluding carboxylic acids is 2. The molecule has 0 unspecified atom stereocenters. The van der Waals surface area contributed by atoms with Gasteiger partial charge in [-0.1, -0.05) is 12.1 Å². The summed E-state index contributed by atoms with van der Waals surface area (Å²) in [5, 5.41) is 5.70. The second kappa shape index (κ2) is 6.52. The Morgan fingerprint density at radius 1 is 1.17 bits per heavy atom. The number of hydrogen-bond acceptors (Lipinski definition) is 3. The highest BCUT2D eigenvalue weighted by atomic mass is 16.5. The predicted octanol–water partition coefficient (Wildman–Crippen LogP) is 2.76. The van der Waals surface area contributed by atoms with Crippen molar-refractivity contribution < 1.29 is 14.3 Å². The molecule has 0 atom stereocenters. The smallest absolute Gasteiger partial charge is 0.228 e. The van der Waals surface area contributed by atoms with Gasteiger partial charge in [0.25, 0.3) is 0 Å². The summed E-state index contributed by atoms with van der Waals surface area (Å²) in [7, 11) is 1.60. The van der Waals surface area contributed by atoms with Crippen LogP contribution in [0.15, 0.2) is 42.5 Å². The first-order valence-corrected chi connectivity index (χ1v) is 7.49. The molecule has 3 rings (SSSR count). The number of anilines is 2. The van der Waals surface area contributed by atoms with Crippen LogP contribution < -0.4 is 15.4 Å². The van der Waals surface area contributed by atoms with E-state index in [0.29, 0.717) is 12.8 Å². The van der Waals surface area contributed by atoms with Crippen molar-refractivity contribution in [2.24, 2.45) is 0 Å². The summed E-state index contributed by atoms with van der Waals surface area (Å²) < 4.78 is 5.09. The van der Waals surface area contributed by atoms with Crippen LogP contribution in [0.25, 0.3) is 0 Å². The molecule has 0 saturated heterocycles. The van der Waals surface area contributed by atoms with Crippen LogP contribution in [0.1, 0.15) is 17.5 Å². The van der Waals surface area contributed by atoms with E-state index in [1.165, 1.54) is 0 Å². The number of ether oxygens (including phenoxy) is 1. The van der Waals surface area contributed by atoms with Crippen molar-refractivity contribution in [1.82, 2.24) is 0 Å². The molecule has 0 spiro atoms. The Hall–Kier alpha value is -2.82. The predicted molar refractivity (Wildman–Crippen MR) is 88.7 cm³/mol. The molecule has 0 aliphatic carbocycles. The van der Waals surface area contributed by atoms with E-state index in [4.69, 9.17) is 4.74 Å². The van der Waals surface area contributed by atoms with Crippen LogP contribution in [0.3, 0.4) is 0 Å². The lowest BCUT2D eigenvalue weighted by Gasteiger charge is -2.17. The van der Waals surface area contributed by atoms with E-state index in [9.17, 15) is 9.59 Å². The molecule has 5 nitrogen and oxygen atoms in total. The van der Waals surface area contributed by atoms with Gasteiger partial charge in [-0.15, -0.1) is 0 Å². The van der Waals surface area contributed by atoms with E-state index in [2.05, 4.69) is 10.6 Å². The second-order valence-electron chi connectivity index (χ2n) is 5.49. The van der Waals surface area contributed by atoms with Crippen molar-refractivity contribution in [3.05, 3.63) is 53.6 Å². The molecule has 0 saturated carbocycles. The zero-order chi connectivity index (χ0) is 16.2. The summed E-state index contributed by atoms with van der Waals surface area (Å²) >= 11 is 0. The molecule has 2 aromatic carbocycles. The summed E-state index contributed by atoms with van der Waals surface area (Å²) in [6, 6.07) is 12.9. The Morgan fingerprint density at radius 2 is 1.96 bits per heavy atom. The van der Waals surface area contributed by atoms with Gasteiger partial charge in [-0.05, 0) is 47.9 Å². The molecule has 0 aromatic heterocycles. The minimum atomic E-state index is -0.0741. The maximum Gasteiger partial charge on any atom is 0.228 e. The highest BCUT2D eigenvalue weighted by molar-refractivity contribution is 5.95. The van der Waals surface area contributed by atoms with Gasteiger partial charge in [-0.25, -0.2) is 0 Å². The molecule has 118 valence electrons. The van der Waals surface area contributed by atoms with Crippen LogP contribution in [0.2, 0.25) is 0 Å². The van der Waals surface area contributed by atoms with Crippen molar-refractivity contribution in [2.45, 2.75) is 19.3 Å². The number of benzene rings is 2. The van der Waals surface area contributed by atoms with Gasteiger partial charge in [0.05, 0.1) is 13.5 Å². The third kappa shape index (κ3) is 3.69. The maximum atomic E-state index is 12.1. The number of carbonyl (C=O) groups is 2. The molecule has 0 bridgehead atoms. The molecule has 2 aromatic rings. The molecular formula is C18H18N2O3. The maximum absolute atomic E-state index is 12.1. The fourth-order valence-electron chi connectivity index (χ4n) is 2.61. The van der Waals surface area contributed by atoms with Crippen molar-refractivity contribution in [2.75, 3.05) is 17.7 Å². The molecule has 0 fully saturated rings. The average molecular weight is 310 g/mol. The molecule has 1 heterocycles. The molecule has 2 amide bonds. The molecule has 23 heavy (non-hydrogen) atoms. The first-order chi connectivity index (χ1) is 11.1. The average Bonchev–Trinajstić information content (AvgIpc) is 2.55. The minimum Gasteiger partial charge on any atom is -0.497 e. The number of rotatable bonds is 4. The van der Waals surface area contributed by atoms with Gasteiger partial charge in [-0.2, -0.15) is 0 Å². The third-order valence-corrected chi connectivity index (χ3v) is 3.80. The van der Waals surface area contributed by atoms with Crippen LogP contribution in [0.5, 0.6) is 5.75 Å². The third-order valence-electron chi connectivity index (χ3n) is 3.80. The quantitative estimate of drug-likeness (QED) is 0.912. The molecule has 2 N–H and O–H groups in total. The molecule has 5 heteroatoms. The first-order valence-electron chi connectivity index (χ1n) is 7.49. The number of amides is 2. The lowest BCUT2D eigenvalue weighted by molar-refractivity contribution is -0.117. The largest absolute Gasteiger partial charge is 0.497 e. The van der Waals surface area contributed by atoms with Gasteiger partial charge in [0, 0.05) is 17.8 Å². The van der Waals surface area contributed by atoms with E-state index in [0.717, 1.165) is 34.7 Å². The lowest BCUT2D eigenvalue weighted by atomic mass is 9.99. The van der Waals surface area contributed by atoms with Gasteiger partial charge in [0.2, 0.25) is 11.8 Å². The first kappa shape index (κ1) is 15.1. The van der Waals surface area contributed by atoms with Crippen LogP contribution in [0.4, 0.5) is 11.4 Å². The Balaban J connectivity index is 1.64. The number of fused-ring (bicyclic) bond motifs is 1. The molecule has 0 radical (unpaired) electrons. The second-order valence-corrected chi connectivity index (χ2v) is 5.49. The summed E-state index contributed by atoms with van der Waals surface area (Å²) in [6.07, 6.45) is 1.51. The molecule has 1 aliphatic heterocycles. The summed E-state index contributed by atoms with van der Waals surface area (Å²) in [5.74, 6) is 0.720.